The molecule has 0 amide bonds. The normalized spacial score (nSPS) is 10.8. The summed E-state index contributed by atoms with van der Waals surface area (Å²) in [6.45, 7) is 0. The first-order valence-electron chi connectivity index (χ1n) is 7.89. The van der Waals surface area contributed by atoms with E-state index in [9.17, 15) is 0 Å². The van der Waals surface area contributed by atoms with Crippen LogP contribution in [0.25, 0.3) is 28.2 Å². The van der Waals surface area contributed by atoms with Crippen molar-refractivity contribution in [3.63, 3.8) is 0 Å². The van der Waals surface area contributed by atoms with Crippen LogP contribution in [0.4, 0.5) is 0 Å². The van der Waals surface area contributed by atoms with Crippen LogP contribution in [-0.2, 0) is 0 Å². The van der Waals surface area contributed by atoms with Crippen LogP contribution in [0, 0.1) is 0 Å². The van der Waals surface area contributed by atoms with Gasteiger partial charge in [-0.05, 0) is 36.4 Å². The van der Waals surface area contributed by atoms with Gasteiger partial charge < -0.3 is 0 Å². The minimum absolute atomic E-state index is 0.601. The van der Waals surface area contributed by atoms with Gasteiger partial charge in [0.15, 0.2) is 0 Å². The van der Waals surface area contributed by atoms with Crippen LogP contribution in [0.15, 0.2) is 84.9 Å². The third-order valence-corrected chi connectivity index (χ3v) is 4.53. The zero-order valence-electron chi connectivity index (χ0n) is 13.2. The van der Waals surface area contributed by atoms with Crippen molar-refractivity contribution in [1.82, 2.24) is 9.78 Å². The van der Waals surface area contributed by atoms with E-state index >= 15 is 0 Å². The number of para-hydroxylation sites is 1. The van der Waals surface area contributed by atoms with E-state index in [-0.39, 0.29) is 0 Å². The number of hydrogen-bond acceptors (Lipinski definition) is 1. The lowest BCUT2D eigenvalue weighted by molar-refractivity contribution is 0.892. The van der Waals surface area contributed by atoms with Crippen LogP contribution in [0.3, 0.4) is 0 Å². The van der Waals surface area contributed by atoms with Gasteiger partial charge in [-0.1, -0.05) is 71.7 Å². The fraction of sp³-hybridized carbons (Fsp3) is 0. The van der Waals surface area contributed by atoms with Gasteiger partial charge in [0.25, 0.3) is 0 Å². The lowest BCUT2D eigenvalue weighted by Crippen LogP contribution is -1.99. The summed E-state index contributed by atoms with van der Waals surface area (Å²) in [4.78, 5) is 0. The molecule has 4 aromatic rings. The second kappa shape index (κ2) is 6.75. The smallest absolute Gasteiger partial charge is 0.0934 e. The van der Waals surface area contributed by atoms with Gasteiger partial charge in [-0.15, -0.1) is 0 Å². The van der Waals surface area contributed by atoms with Gasteiger partial charge in [-0.3, -0.25) is 0 Å². The highest BCUT2D eigenvalue weighted by atomic mass is 35.5. The number of halogens is 2. The summed E-state index contributed by atoms with van der Waals surface area (Å²) in [6, 6.07) is 27.7. The van der Waals surface area contributed by atoms with E-state index in [1.165, 1.54) is 0 Å². The Kier molecular flexibility index (Phi) is 4.31. The molecule has 2 nitrogen and oxygen atoms in total. The molecule has 0 aliphatic heterocycles. The van der Waals surface area contributed by atoms with Gasteiger partial charge in [-0.2, -0.15) is 5.10 Å². The predicted molar refractivity (Wildman–Crippen MR) is 104 cm³/mol. The van der Waals surface area contributed by atoms with Crippen LogP contribution in [0.1, 0.15) is 0 Å². The fourth-order valence-electron chi connectivity index (χ4n) is 2.79. The molecule has 0 fully saturated rings. The second-order valence-electron chi connectivity index (χ2n) is 5.65. The average molecular weight is 365 g/mol. The quantitative estimate of drug-likeness (QED) is 0.404. The van der Waals surface area contributed by atoms with Crippen molar-refractivity contribution in [1.29, 1.82) is 0 Å². The fourth-order valence-corrected chi connectivity index (χ4v) is 3.29. The number of benzene rings is 3. The summed E-state index contributed by atoms with van der Waals surface area (Å²) in [5, 5.41) is 6.03. The van der Waals surface area contributed by atoms with Gasteiger partial charge in [0, 0.05) is 16.1 Å². The summed E-state index contributed by atoms with van der Waals surface area (Å²) in [6.07, 6.45) is 0. The first-order valence-corrected chi connectivity index (χ1v) is 8.64. The van der Waals surface area contributed by atoms with Crippen LogP contribution in [-0.4, -0.2) is 9.78 Å². The molecule has 0 spiro atoms. The van der Waals surface area contributed by atoms with Gasteiger partial charge in [0.05, 0.1) is 22.1 Å². The Morgan fingerprint density at radius 1 is 0.720 bits per heavy atom. The summed E-state index contributed by atoms with van der Waals surface area (Å²) in [7, 11) is 0. The van der Waals surface area contributed by atoms with Crippen LogP contribution < -0.4 is 0 Å². The molecular weight excluding hydrogens is 351 g/mol. The molecule has 0 radical (unpaired) electrons. The molecular formula is C21H14Cl2N2. The maximum atomic E-state index is 6.45. The van der Waals surface area contributed by atoms with Crippen LogP contribution >= 0.6 is 23.2 Å². The lowest BCUT2D eigenvalue weighted by atomic mass is 10.1. The molecule has 0 aliphatic rings. The molecule has 0 N–H and O–H groups in total. The Morgan fingerprint density at radius 2 is 1.40 bits per heavy atom. The highest BCUT2D eigenvalue weighted by Gasteiger charge is 2.15. The van der Waals surface area contributed by atoms with Crippen molar-refractivity contribution in [2.24, 2.45) is 0 Å². The topological polar surface area (TPSA) is 17.8 Å². The molecule has 1 aromatic heterocycles. The number of aromatic nitrogens is 2. The Morgan fingerprint density at radius 3 is 2.08 bits per heavy atom. The van der Waals surface area contributed by atoms with Crippen molar-refractivity contribution in [2.45, 2.75) is 0 Å². The highest BCUT2D eigenvalue weighted by molar-refractivity contribution is 6.36. The minimum atomic E-state index is 0.601. The molecule has 0 saturated carbocycles. The monoisotopic (exact) mass is 364 g/mol. The standard InChI is InChI=1S/C21H14Cl2N2/c22-16-11-12-18(19(23)13-16)21-14-20(15-7-3-1-4-8-15)24-25(21)17-9-5-2-6-10-17/h1-14H. The summed E-state index contributed by atoms with van der Waals surface area (Å²) in [5.41, 5.74) is 4.75. The number of nitrogens with zero attached hydrogens (tertiary/aromatic N) is 2. The molecule has 0 bridgehead atoms. The first-order chi connectivity index (χ1) is 12.2. The van der Waals surface area contributed by atoms with Crippen molar-refractivity contribution < 1.29 is 0 Å². The molecule has 122 valence electrons. The van der Waals surface area contributed by atoms with E-state index in [2.05, 4.69) is 6.07 Å². The molecule has 3 aromatic carbocycles. The van der Waals surface area contributed by atoms with Crippen LogP contribution in [0.2, 0.25) is 10.0 Å². The zero-order chi connectivity index (χ0) is 17.2. The van der Waals surface area contributed by atoms with Crippen molar-refractivity contribution in [3.05, 3.63) is 95.0 Å². The molecule has 0 unspecified atom stereocenters. The maximum absolute atomic E-state index is 6.45. The van der Waals surface area contributed by atoms with Crippen molar-refractivity contribution >= 4 is 23.2 Å². The van der Waals surface area contributed by atoms with Crippen molar-refractivity contribution in [2.75, 3.05) is 0 Å². The largest absolute Gasteiger partial charge is 0.232 e. The molecule has 4 rings (SSSR count). The van der Waals surface area contributed by atoms with E-state index in [1.807, 2.05) is 77.5 Å². The summed E-state index contributed by atoms with van der Waals surface area (Å²) < 4.78 is 1.91. The average Bonchev–Trinajstić information content (AvgIpc) is 3.08. The van der Waals surface area contributed by atoms with E-state index in [0.29, 0.717) is 10.0 Å². The van der Waals surface area contributed by atoms with E-state index < -0.39 is 0 Å². The minimum Gasteiger partial charge on any atom is -0.232 e. The molecule has 0 saturated heterocycles. The number of rotatable bonds is 3. The van der Waals surface area contributed by atoms with E-state index in [1.54, 1.807) is 6.07 Å². The SMILES string of the molecule is Clc1ccc(-c2cc(-c3ccccc3)nn2-c2ccccc2)c(Cl)c1. The zero-order valence-corrected chi connectivity index (χ0v) is 14.7. The first kappa shape index (κ1) is 15.9. The molecule has 4 heteroatoms. The van der Waals surface area contributed by atoms with Crippen LogP contribution in [0.5, 0.6) is 0 Å². The number of hydrogen-bond donors (Lipinski definition) is 0. The van der Waals surface area contributed by atoms with E-state index in [4.69, 9.17) is 28.3 Å². The molecule has 1 heterocycles. The summed E-state index contributed by atoms with van der Waals surface area (Å²) in [5.74, 6) is 0. The third kappa shape index (κ3) is 3.19. The second-order valence-corrected chi connectivity index (χ2v) is 6.50. The van der Waals surface area contributed by atoms with Gasteiger partial charge in [0.2, 0.25) is 0 Å². The Balaban J connectivity index is 1.94. The van der Waals surface area contributed by atoms with E-state index in [0.717, 1.165) is 28.2 Å². The third-order valence-electron chi connectivity index (χ3n) is 3.99. The maximum Gasteiger partial charge on any atom is 0.0934 e. The highest BCUT2D eigenvalue weighted by Crippen LogP contribution is 2.34. The van der Waals surface area contributed by atoms with Crippen molar-refractivity contribution in [3.8, 4) is 28.2 Å². The Bertz CT molecular complexity index is 1010. The molecule has 25 heavy (non-hydrogen) atoms. The Labute approximate surface area is 156 Å². The lowest BCUT2D eigenvalue weighted by Gasteiger charge is -2.09. The predicted octanol–water partition coefficient (Wildman–Crippen LogP) is 6.51. The summed E-state index contributed by atoms with van der Waals surface area (Å²) >= 11 is 12.5. The Hall–Kier alpha value is -2.55. The van der Waals surface area contributed by atoms with Gasteiger partial charge >= 0.3 is 0 Å². The molecule has 0 atom stereocenters. The molecule has 0 aliphatic carbocycles. The van der Waals surface area contributed by atoms with Gasteiger partial charge in [-0.25, -0.2) is 4.68 Å². The van der Waals surface area contributed by atoms with Gasteiger partial charge in [0.1, 0.15) is 0 Å².